The van der Waals surface area contributed by atoms with Crippen LogP contribution in [-0.4, -0.2) is 35.2 Å². The van der Waals surface area contributed by atoms with Crippen molar-refractivity contribution in [3.63, 3.8) is 0 Å². The number of unbranched alkanes of at least 4 members (excludes halogenated alkanes) is 1. The second-order valence-electron chi connectivity index (χ2n) is 11.9. The van der Waals surface area contributed by atoms with E-state index in [-0.39, 0.29) is 12.5 Å². The highest BCUT2D eigenvalue weighted by atomic mass is 32.2. The van der Waals surface area contributed by atoms with Crippen LogP contribution in [0.4, 0.5) is 17.1 Å². The molecule has 8 heteroatoms. The summed E-state index contributed by atoms with van der Waals surface area (Å²) in [5, 5.41) is 0. The van der Waals surface area contributed by atoms with Crippen molar-refractivity contribution in [3.8, 4) is 11.5 Å². The minimum Gasteiger partial charge on any atom is -0.457 e. The summed E-state index contributed by atoms with van der Waals surface area (Å²) in [5.74, 6) is 1.12. The molecule has 1 atom stereocenters. The Morgan fingerprint density at radius 3 is 2.19 bits per heavy atom. The highest BCUT2D eigenvalue weighted by Gasteiger charge is 2.38. The first kappa shape index (κ1) is 34.5. The zero-order chi connectivity index (χ0) is 33.6. The molecule has 5 rings (SSSR count). The van der Waals surface area contributed by atoms with Crippen LogP contribution in [0.5, 0.6) is 11.5 Å². The monoisotopic (exact) mass is 655 g/mol. The van der Waals surface area contributed by atoms with Gasteiger partial charge in [-0.2, -0.15) is 13.1 Å². The molecule has 0 saturated carbocycles. The molecule has 0 aliphatic carbocycles. The van der Waals surface area contributed by atoms with E-state index in [0.29, 0.717) is 23.7 Å². The van der Waals surface area contributed by atoms with Crippen molar-refractivity contribution < 1.29 is 17.9 Å². The Morgan fingerprint density at radius 2 is 1.53 bits per heavy atom. The van der Waals surface area contributed by atoms with Gasteiger partial charge < -0.3 is 14.4 Å². The predicted molar refractivity (Wildman–Crippen MR) is 194 cm³/mol. The summed E-state index contributed by atoms with van der Waals surface area (Å²) >= 11 is 0. The van der Waals surface area contributed by atoms with E-state index in [4.69, 9.17) is 9.47 Å². The van der Waals surface area contributed by atoms with E-state index >= 15 is 0 Å². The first-order valence-electron chi connectivity index (χ1n) is 17.0. The van der Waals surface area contributed by atoms with Crippen LogP contribution in [0.15, 0.2) is 78.9 Å². The van der Waals surface area contributed by atoms with Crippen LogP contribution in [0, 0.1) is 0 Å². The highest BCUT2D eigenvalue weighted by Crippen LogP contribution is 2.54. The molecule has 4 aromatic rings. The molecule has 4 aromatic carbocycles. The van der Waals surface area contributed by atoms with Crippen molar-refractivity contribution >= 4 is 27.3 Å². The molecule has 47 heavy (non-hydrogen) atoms. The third-order valence-corrected chi connectivity index (χ3v) is 10.5. The number of fused-ring (bicyclic) bond motifs is 2. The Bertz CT molecular complexity index is 1770. The summed E-state index contributed by atoms with van der Waals surface area (Å²) in [4.78, 5) is 2.30. The Hall–Kier alpha value is -3.85. The number of nitrogens with zero attached hydrogens (tertiary/aromatic N) is 2. The molecule has 1 heterocycles. The standard InChI is InChI=1S/C39H49N3O4S/c1-7-12-15-29-20-25-35-38(39(29)42(47(43,44)40-9-3)31-21-18-28(8-2)19-22-31)37(33-17-14-13-16-30(33)27-45-6)34-24-23-32(26-36(34)46-35)41(10-4)11-5/h13-14,16-26,37,40H,7-12,15,27H2,1-6H3. The van der Waals surface area contributed by atoms with Crippen molar-refractivity contribution in [1.82, 2.24) is 4.72 Å². The third-order valence-electron chi connectivity index (χ3n) is 9.02. The van der Waals surface area contributed by atoms with E-state index in [0.717, 1.165) is 83.6 Å². The zero-order valence-corrected chi connectivity index (χ0v) is 29.5. The van der Waals surface area contributed by atoms with Crippen LogP contribution in [0.3, 0.4) is 0 Å². The SMILES string of the molecule is CCCCc1ccc2c(c1N(c1ccc(CC)cc1)S(=O)(=O)NCC)C(c1ccccc1COC)c1ccc(N(CC)CC)cc1O2. The molecule has 0 amide bonds. The summed E-state index contributed by atoms with van der Waals surface area (Å²) < 4.78 is 45.6. The topological polar surface area (TPSA) is 71.1 Å². The van der Waals surface area contributed by atoms with Crippen molar-refractivity contribution in [2.45, 2.75) is 72.8 Å². The molecule has 1 aliphatic heterocycles. The molecule has 0 fully saturated rings. The fraction of sp³-hybridized carbons (Fsp3) is 0.385. The number of anilines is 3. The van der Waals surface area contributed by atoms with E-state index in [1.807, 2.05) is 49.4 Å². The van der Waals surface area contributed by atoms with E-state index in [9.17, 15) is 8.42 Å². The van der Waals surface area contributed by atoms with Gasteiger partial charge in [-0.1, -0.05) is 75.7 Å². The predicted octanol–water partition coefficient (Wildman–Crippen LogP) is 8.86. The number of methoxy groups -OCH3 is 1. The minimum absolute atomic E-state index is 0.263. The Balaban J connectivity index is 1.88. The Morgan fingerprint density at radius 1 is 0.809 bits per heavy atom. The number of hydrogen-bond acceptors (Lipinski definition) is 5. The summed E-state index contributed by atoms with van der Waals surface area (Å²) in [7, 11) is -2.30. The number of hydrogen-bond donors (Lipinski definition) is 1. The van der Waals surface area contributed by atoms with Crippen molar-refractivity contribution in [2.75, 3.05) is 35.9 Å². The first-order chi connectivity index (χ1) is 22.8. The first-order valence-corrected chi connectivity index (χ1v) is 18.4. The molecule has 250 valence electrons. The van der Waals surface area contributed by atoms with Gasteiger partial charge in [0.05, 0.1) is 18.0 Å². The largest absolute Gasteiger partial charge is 0.457 e. The second-order valence-corrected chi connectivity index (χ2v) is 13.5. The van der Waals surface area contributed by atoms with Crippen molar-refractivity contribution in [2.24, 2.45) is 0 Å². The summed E-state index contributed by atoms with van der Waals surface area (Å²) in [6.45, 7) is 12.8. The summed E-state index contributed by atoms with van der Waals surface area (Å²) in [6, 6.07) is 26.7. The van der Waals surface area contributed by atoms with Crippen LogP contribution < -0.4 is 18.7 Å². The Kier molecular flexibility index (Phi) is 11.3. The number of rotatable bonds is 15. The molecular formula is C39H49N3O4S. The maximum absolute atomic E-state index is 14.4. The van der Waals surface area contributed by atoms with Gasteiger partial charge in [0.15, 0.2) is 0 Å². The molecule has 1 unspecified atom stereocenters. The highest BCUT2D eigenvalue weighted by molar-refractivity contribution is 7.91. The maximum Gasteiger partial charge on any atom is 0.305 e. The number of aryl methyl sites for hydroxylation is 2. The fourth-order valence-corrected chi connectivity index (χ4v) is 8.00. The number of nitrogens with one attached hydrogen (secondary N) is 1. The van der Waals surface area contributed by atoms with E-state index in [2.05, 4.69) is 73.7 Å². The lowest BCUT2D eigenvalue weighted by Gasteiger charge is -2.37. The lowest BCUT2D eigenvalue weighted by atomic mass is 9.78. The van der Waals surface area contributed by atoms with Gasteiger partial charge in [-0.05, 0) is 79.6 Å². The van der Waals surface area contributed by atoms with Crippen LogP contribution in [0.1, 0.15) is 86.8 Å². The summed E-state index contributed by atoms with van der Waals surface area (Å²) in [6.07, 6.45) is 3.49. The van der Waals surface area contributed by atoms with Gasteiger partial charge in [0.25, 0.3) is 0 Å². The third kappa shape index (κ3) is 7.05. The van der Waals surface area contributed by atoms with Crippen LogP contribution >= 0.6 is 0 Å². The minimum atomic E-state index is -4.01. The smallest absolute Gasteiger partial charge is 0.305 e. The average Bonchev–Trinajstić information content (AvgIpc) is 3.08. The van der Waals surface area contributed by atoms with Gasteiger partial charge in [-0.3, -0.25) is 0 Å². The van der Waals surface area contributed by atoms with E-state index in [1.165, 1.54) is 4.31 Å². The second kappa shape index (κ2) is 15.4. The van der Waals surface area contributed by atoms with Crippen molar-refractivity contribution in [3.05, 3.63) is 112 Å². The molecule has 0 aromatic heterocycles. The number of benzene rings is 4. The quantitative estimate of drug-likeness (QED) is 0.122. The lowest BCUT2D eigenvalue weighted by molar-refractivity contribution is 0.184. The molecular weight excluding hydrogens is 607 g/mol. The Labute approximate surface area is 281 Å². The van der Waals surface area contributed by atoms with Gasteiger partial charge >= 0.3 is 10.2 Å². The molecule has 1 aliphatic rings. The van der Waals surface area contributed by atoms with Gasteiger partial charge in [-0.15, -0.1) is 0 Å². The zero-order valence-electron chi connectivity index (χ0n) is 28.7. The van der Waals surface area contributed by atoms with Gasteiger partial charge in [0, 0.05) is 55.5 Å². The average molecular weight is 656 g/mol. The molecule has 0 spiro atoms. The lowest BCUT2D eigenvalue weighted by Crippen LogP contribution is -2.39. The van der Waals surface area contributed by atoms with Gasteiger partial charge in [0.2, 0.25) is 0 Å². The fourth-order valence-electron chi connectivity index (χ4n) is 6.65. The normalized spacial score (nSPS) is 13.9. The van der Waals surface area contributed by atoms with Crippen LogP contribution in [0.2, 0.25) is 0 Å². The van der Waals surface area contributed by atoms with Gasteiger partial charge in [-0.25, -0.2) is 4.31 Å². The van der Waals surface area contributed by atoms with E-state index < -0.39 is 10.2 Å². The van der Waals surface area contributed by atoms with Crippen LogP contribution in [0.25, 0.3) is 0 Å². The molecule has 7 nitrogen and oxygen atoms in total. The molecule has 1 N–H and O–H groups in total. The van der Waals surface area contributed by atoms with Crippen LogP contribution in [-0.2, 0) is 34.4 Å². The van der Waals surface area contributed by atoms with Crippen molar-refractivity contribution in [1.29, 1.82) is 0 Å². The number of ether oxygens (including phenoxy) is 2. The van der Waals surface area contributed by atoms with Gasteiger partial charge in [0.1, 0.15) is 11.5 Å². The summed E-state index contributed by atoms with van der Waals surface area (Å²) in [5.41, 5.74) is 8.37. The molecule has 0 radical (unpaired) electrons. The molecule has 0 bridgehead atoms. The van der Waals surface area contributed by atoms with E-state index in [1.54, 1.807) is 7.11 Å². The maximum atomic E-state index is 14.4. The molecule has 0 saturated heterocycles.